The molecule has 1 saturated heterocycles. The first-order valence-corrected chi connectivity index (χ1v) is 7.07. The van der Waals surface area contributed by atoms with Gasteiger partial charge in [-0.1, -0.05) is 15.9 Å². The smallest absolute Gasteiger partial charge is 0.162 e. The van der Waals surface area contributed by atoms with Crippen LogP contribution in [0.3, 0.4) is 0 Å². The van der Waals surface area contributed by atoms with Gasteiger partial charge in [-0.15, -0.1) is 0 Å². The van der Waals surface area contributed by atoms with E-state index < -0.39 is 0 Å². The lowest BCUT2D eigenvalue weighted by atomic mass is 10.2. The summed E-state index contributed by atoms with van der Waals surface area (Å²) >= 11 is 3.60. The molecular weight excluding hydrogens is 296 g/mol. The molecule has 2 heterocycles. The van der Waals surface area contributed by atoms with E-state index in [2.05, 4.69) is 26.9 Å². The average Bonchev–Trinajstić information content (AvgIpc) is 2.76. The van der Waals surface area contributed by atoms with Gasteiger partial charge in [-0.25, -0.2) is 0 Å². The zero-order valence-electron chi connectivity index (χ0n) is 10.2. The third-order valence-electron chi connectivity index (χ3n) is 3.41. The molecule has 1 aromatic carbocycles. The molecule has 0 aromatic heterocycles. The Morgan fingerprint density at radius 3 is 2.67 bits per heavy atom. The zero-order valence-corrected chi connectivity index (χ0v) is 11.8. The Morgan fingerprint density at radius 1 is 1.28 bits per heavy atom. The van der Waals surface area contributed by atoms with Crippen LogP contribution in [-0.4, -0.2) is 37.2 Å². The minimum atomic E-state index is 0.320. The molecule has 0 radical (unpaired) electrons. The summed E-state index contributed by atoms with van der Waals surface area (Å²) in [7, 11) is 0. The monoisotopic (exact) mass is 312 g/mol. The number of likely N-dealkylation sites (tertiary alicyclic amines) is 1. The second-order valence-electron chi connectivity index (χ2n) is 4.87. The number of nitrogens with zero attached hydrogens (tertiary/aromatic N) is 1. The molecule has 0 spiro atoms. The fourth-order valence-corrected chi connectivity index (χ4v) is 2.92. The molecule has 0 amide bonds. The van der Waals surface area contributed by atoms with Crippen LogP contribution >= 0.6 is 15.9 Å². The van der Waals surface area contributed by atoms with Crippen molar-refractivity contribution in [3.63, 3.8) is 0 Å². The van der Waals surface area contributed by atoms with E-state index in [0.717, 1.165) is 42.0 Å². The summed E-state index contributed by atoms with van der Waals surface area (Å²) < 4.78 is 12.2. The largest absolute Gasteiger partial charge is 0.486 e. The highest BCUT2D eigenvalue weighted by Crippen LogP contribution is 2.36. The van der Waals surface area contributed by atoms with Crippen LogP contribution in [-0.2, 0) is 6.54 Å². The van der Waals surface area contributed by atoms with Crippen molar-refractivity contribution in [2.75, 3.05) is 26.3 Å². The molecular formula is C13H17BrN2O2. The van der Waals surface area contributed by atoms with E-state index in [4.69, 9.17) is 15.2 Å². The van der Waals surface area contributed by atoms with E-state index in [1.54, 1.807) is 0 Å². The van der Waals surface area contributed by atoms with E-state index in [9.17, 15) is 0 Å². The Kier molecular flexibility index (Phi) is 3.46. The number of benzene rings is 1. The Bertz CT molecular complexity index is 453. The number of hydrogen-bond donors (Lipinski definition) is 1. The van der Waals surface area contributed by atoms with Crippen molar-refractivity contribution in [3.05, 3.63) is 22.2 Å². The third-order valence-corrected chi connectivity index (χ3v) is 4.15. The summed E-state index contributed by atoms with van der Waals surface area (Å²) in [5.41, 5.74) is 7.16. The van der Waals surface area contributed by atoms with Crippen molar-refractivity contribution in [1.29, 1.82) is 0 Å². The molecule has 1 atom stereocenters. The van der Waals surface area contributed by atoms with Crippen molar-refractivity contribution in [2.24, 2.45) is 5.73 Å². The van der Waals surface area contributed by atoms with Crippen molar-refractivity contribution in [2.45, 2.75) is 19.0 Å². The Morgan fingerprint density at radius 2 is 2.00 bits per heavy atom. The summed E-state index contributed by atoms with van der Waals surface area (Å²) in [6, 6.07) is 4.39. The van der Waals surface area contributed by atoms with Gasteiger partial charge in [-0.05, 0) is 24.1 Å². The van der Waals surface area contributed by atoms with E-state index >= 15 is 0 Å². The summed E-state index contributed by atoms with van der Waals surface area (Å²) in [6.07, 6.45) is 1.09. The lowest BCUT2D eigenvalue weighted by Gasteiger charge is -2.22. The van der Waals surface area contributed by atoms with Crippen molar-refractivity contribution < 1.29 is 9.47 Å². The molecule has 0 aliphatic carbocycles. The van der Waals surface area contributed by atoms with E-state index in [-0.39, 0.29) is 0 Å². The molecule has 18 heavy (non-hydrogen) atoms. The summed E-state index contributed by atoms with van der Waals surface area (Å²) in [4.78, 5) is 2.38. The maximum absolute atomic E-state index is 5.93. The molecule has 3 rings (SSSR count). The maximum atomic E-state index is 5.93. The second-order valence-corrected chi connectivity index (χ2v) is 5.73. The van der Waals surface area contributed by atoms with Gasteiger partial charge in [0, 0.05) is 30.1 Å². The van der Waals surface area contributed by atoms with Crippen LogP contribution in [0, 0.1) is 0 Å². The predicted molar refractivity (Wildman–Crippen MR) is 73.0 cm³/mol. The second kappa shape index (κ2) is 5.07. The van der Waals surface area contributed by atoms with Crippen LogP contribution in [0.2, 0.25) is 0 Å². The standard InChI is InChI=1S/C13H17BrN2O2/c14-11-6-13-12(17-3-4-18-13)5-9(11)7-16-2-1-10(15)8-16/h5-6,10H,1-4,7-8,15H2/t10-/m0/s1. The van der Waals surface area contributed by atoms with Gasteiger partial charge in [0.15, 0.2) is 11.5 Å². The van der Waals surface area contributed by atoms with Crippen LogP contribution in [0.1, 0.15) is 12.0 Å². The number of nitrogens with two attached hydrogens (primary N) is 1. The highest BCUT2D eigenvalue weighted by molar-refractivity contribution is 9.10. The SMILES string of the molecule is N[C@H]1CCN(Cc2cc3c(cc2Br)OCCO3)C1. The first kappa shape index (κ1) is 12.3. The molecule has 1 aromatic rings. The Labute approximate surface area is 115 Å². The van der Waals surface area contributed by atoms with Gasteiger partial charge in [-0.2, -0.15) is 0 Å². The third kappa shape index (κ3) is 2.48. The highest BCUT2D eigenvalue weighted by Gasteiger charge is 2.21. The van der Waals surface area contributed by atoms with Gasteiger partial charge in [0.25, 0.3) is 0 Å². The van der Waals surface area contributed by atoms with E-state index in [1.165, 1.54) is 5.56 Å². The van der Waals surface area contributed by atoms with Crippen molar-refractivity contribution >= 4 is 15.9 Å². The first-order valence-electron chi connectivity index (χ1n) is 6.28. The van der Waals surface area contributed by atoms with Crippen molar-refractivity contribution in [1.82, 2.24) is 4.90 Å². The first-order chi connectivity index (χ1) is 8.72. The lowest BCUT2D eigenvalue weighted by Crippen LogP contribution is -2.26. The number of ether oxygens (including phenoxy) is 2. The van der Waals surface area contributed by atoms with Gasteiger partial charge >= 0.3 is 0 Å². The molecule has 2 aliphatic heterocycles. The Balaban J connectivity index is 1.79. The van der Waals surface area contributed by atoms with Crippen LogP contribution in [0.4, 0.5) is 0 Å². The normalized spacial score (nSPS) is 23.3. The summed E-state index contributed by atoms with van der Waals surface area (Å²) in [5, 5.41) is 0. The highest BCUT2D eigenvalue weighted by atomic mass is 79.9. The van der Waals surface area contributed by atoms with Crippen LogP contribution in [0.25, 0.3) is 0 Å². The lowest BCUT2D eigenvalue weighted by molar-refractivity contribution is 0.171. The number of halogens is 1. The van der Waals surface area contributed by atoms with E-state index in [1.807, 2.05) is 6.07 Å². The topological polar surface area (TPSA) is 47.7 Å². The van der Waals surface area contributed by atoms with Gasteiger partial charge in [0.1, 0.15) is 13.2 Å². The molecule has 2 N–H and O–H groups in total. The van der Waals surface area contributed by atoms with Gasteiger partial charge in [0.05, 0.1) is 0 Å². The number of rotatable bonds is 2. The Hall–Kier alpha value is -0.780. The molecule has 2 aliphatic rings. The number of hydrogen-bond acceptors (Lipinski definition) is 4. The molecule has 5 heteroatoms. The fraction of sp³-hybridized carbons (Fsp3) is 0.538. The molecule has 0 bridgehead atoms. The molecule has 0 unspecified atom stereocenters. The number of fused-ring (bicyclic) bond motifs is 1. The molecule has 1 fully saturated rings. The average molecular weight is 313 g/mol. The maximum Gasteiger partial charge on any atom is 0.162 e. The fourth-order valence-electron chi connectivity index (χ4n) is 2.47. The van der Waals surface area contributed by atoms with Gasteiger partial charge in [0.2, 0.25) is 0 Å². The molecule has 4 nitrogen and oxygen atoms in total. The van der Waals surface area contributed by atoms with Crippen LogP contribution < -0.4 is 15.2 Å². The molecule has 0 saturated carbocycles. The van der Waals surface area contributed by atoms with E-state index in [0.29, 0.717) is 19.3 Å². The van der Waals surface area contributed by atoms with Crippen molar-refractivity contribution in [3.8, 4) is 11.5 Å². The minimum absolute atomic E-state index is 0.320. The quantitative estimate of drug-likeness (QED) is 0.904. The van der Waals surface area contributed by atoms with Crippen LogP contribution in [0.15, 0.2) is 16.6 Å². The predicted octanol–water partition coefficient (Wildman–Crippen LogP) is 1.75. The van der Waals surface area contributed by atoms with Crippen LogP contribution in [0.5, 0.6) is 11.5 Å². The minimum Gasteiger partial charge on any atom is -0.486 e. The molecule has 98 valence electrons. The van der Waals surface area contributed by atoms with Gasteiger partial charge < -0.3 is 15.2 Å². The summed E-state index contributed by atoms with van der Waals surface area (Å²) in [6.45, 7) is 4.20. The zero-order chi connectivity index (χ0) is 12.5. The van der Waals surface area contributed by atoms with Gasteiger partial charge in [-0.3, -0.25) is 4.90 Å². The summed E-state index contributed by atoms with van der Waals surface area (Å²) in [5.74, 6) is 1.68.